The van der Waals surface area contributed by atoms with Crippen LogP contribution in [0.2, 0.25) is 0 Å². The van der Waals surface area contributed by atoms with Gasteiger partial charge in [0.1, 0.15) is 17.0 Å². The SMILES string of the molecule is COc1ccc2c(n1)c(-c1ccc[nH]c1=O)c(C(=O)O)n2Cc1ccccc1F. The van der Waals surface area contributed by atoms with Crippen LogP contribution < -0.4 is 10.3 Å². The van der Waals surface area contributed by atoms with Crippen molar-refractivity contribution in [1.29, 1.82) is 0 Å². The zero-order valence-electron chi connectivity index (χ0n) is 15.3. The van der Waals surface area contributed by atoms with Gasteiger partial charge < -0.3 is 19.4 Å². The quantitative estimate of drug-likeness (QED) is 0.542. The molecule has 0 aliphatic carbocycles. The number of rotatable bonds is 5. The molecule has 0 radical (unpaired) electrons. The molecule has 4 rings (SSSR count). The van der Waals surface area contributed by atoms with E-state index in [0.717, 1.165) is 0 Å². The molecule has 2 N–H and O–H groups in total. The van der Waals surface area contributed by atoms with Crippen molar-refractivity contribution in [3.8, 4) is 17.0 Å². The van der Waals surface area contributed by atoms with E-state index in [1.54, 1.807) is 36.4 Å². The zero-order valence-corrected chi connectivity index (χ0v) is 15.3. The second-order valence-corrected chi connectivity index (χ2v) is 6.34. The summed E-state index contributed by atoms with van der Waals surface area (Å²) in [7, 11) is 1.44. The van der Waals surface area contributed by atoms with E-state index >= 15 is 0 Å². The molecule has 0 spiro atoms. The third kappa shape index (κ3) is 3.14. The number of aromatic carboxylic acids is 1. The number of ether oxygens (including phenoxy) is 1. The van der Waals surface area contributed by atoms with E-state index in [9.17, 15) is 19.1 Å². The molecule has 4 aromatic rings. The molecule has 0 fully saturated rings. The van der Waals surface area contributed by atoms with Gasteiger partial charge in [0.2, 0.25) is 5.88 Å². The summed E-state index contributed by atoms with van der Waals surface area (Å²) in [5.74, 6) is -1.44. The minimum atomic E-state index is -1.25. The summed E-state index contributed by atoms with van der Waals surface area (Å²) >= 11 is 0. The van der Waals surface area contributed by atoms with Gasteiger partial charge in [0, 0.05) is 23.4 Å². The average molecular weight is 393 g/mol. The van der Waals surface area contributed by atoms with E-state index < -0.39 is 17.3 Å². The van der Waals surface area contributed by atoms with Crippen LogP contribution in [0.4, 0.5) is 4.39 Å². The van der Waals surface area contributed by atoms with Gasteiger partial charge in [-0.1, -0.05) is 18.2 Å². The van der Waals surface area contributed by atoms with Gasteiger partial charge in [0.15, 0.2) is 0 Å². The van der Waals surface area contributed by atoms with Crippen molar-refractivity contribution in [2.45, 2.75) is 6.54 Å². The zero-order chi connectivity index (χ0) is 20.5. The van der Waals surface area contributed by atoms with Crippen molar-refractivity contribution in [2.24, 2.45) is 0 Å². The minimum absolute atomic E-state index is 0.0381. The maximum absolute atomic E-state index is 14.3. The van der Waals surface area contributed by atoms with Crippen LogP contribution in [-0.2, 0) is 6.54 Å². The fraction of sp³-hybridized carbons (Fsp3) is 0.0952. The number of aromatic amines is 1. The van der Waals surface area contributed by atoms with Crippen molar-refractivity contribution in [2.75, 3.05) is 7.11 Å². The van der Waals surface area contributed by atoms with Crippen molar-refractivity contribution in [3.63, 3.8) is 0 Å². The second kappa shape index (κ2) is 7.23. The third-order valence-electron chi connectivity index (χ3n) is 4.67. The molecule has 0 aliphatic rings. The summed E-state index contributed by atoms with van der Waals surface area (Å²) in [5.41, 5.74) is 0.758. The number of hydrogen-bond donors (Lipinski definition) is 2. The van der Waals surface area contributed by atoms with Gasteiger partial charge in [-0.3, -0.25) is 4.79 Å². The highest BCUT2D eigenvalue weighted by molar-refractivity contribution is 6.06. The lowest BCUT2D eigenvalue weighted by atomic mass is 10.1. The van der Waals surface area contributed by atoms with Crippen LogP contribution >= 0.6 is 0 Å². The fourth-order valence-electron chi connectivity index (χ4n) is 3.37. The van der Waals surface area contributed by atoms with Crippen molar-refractivity contribution in [3.05, 3.63) is 82.2 Å². The number of nitrogens with zero attached hydrogens (tertiary/aromatic N) is 2. The standard InChI is InChI=1S/C21H16FN3O4/c1-29-16-9-8-15-18(24-16)17(13-6-4-10-23-20(13)26)19(21(27)28)25(15)11-12-5-2-3-7-14(12)22/h2-10H,11H2,1H3,(H,23,26)(H,27,28). The largest absolute Gasteiger partial charge is 0.481 e. The summed E-state index contributed by atoms with van der Waals surface area (Å²) in [4.78, 5) is 31.6. The van der Waals surface area contributed by atoms with Gasteiger partial charge in [0.25, 0.3) is 5.56 Å². The lowest BCUT2D eigenvalue weighted by molar-refractivity contribution is 0.0687. The van der Waals surface area contributed by atoms with Crippen LogP contribution in [0, 0.1) is 5.82 Å². The van der Waals surface area contributed by atoms with Crippen LogP contribution in [0.1, 0.15) is 16.1 Å². The number of nitrogens with one attached hydrogen (secondary N) is 1. The highest BCUT2D eigenvalue weighted by Gasteiger charge is 2.27. The summed E-state index contributed by atoms with van der Waals surface area (Å²) in [6.07, 6.45) is 1.46. The Kier molecular flexibility index (Phi) is 4.59. The molecular weight excluding hydrogens is 377 g/mol. The van der Waals surface area contributed by atoms with Gasteiger partial charge in [-0.15, -0.1) is 0 Å². The maximum atomic E-state index is 14.3. The molecule has 0 atom stereocenters. The minimum Gasteiger partial charge on any atom is -0.481 e. The highest BCUT2D eigenvalue weighted by Crippen LogP contribution is 2.34. The van der Waals surface area contributed by atoms with Crippen LogP contribution in [0.25, 0.3) is 22.2 Å². The Hall–Kier alpha value is -3.94. The molecule has 0 aliphatic heterocycles. The maximum Gasteiger partial charge on any atom is 0.353 e. The molecule has 7 nitrogen and oxygen atoms in total. The van der Waals surface area contributed by atoms with Crippen molar-refractivity contribution < 1.29 is 19.0 Å². The van der Waals surface area contributed by atoms with Crippen LogP contribution in [0.15, 0.2) is 59.5 Å². The predicted molar refractivity (Wildman–Crippen MR) is 105 cm³/mol. The first-order valence-electron chi connectivity index (χ1n) is 8.73. The Morgan fingerprint density at radius 2 is 2.00 bits per heavy atom. The molecule has 8 heteroatoms. The lowest BCUT2D eigenvalue weighted by Crippen LogP contribution is -2.14. The number of pyridine rings is 2. The summed E-state index contributed by atoms with van der Waals surface area (Å²) in [5, 5.41) is 9.99. The number of fused-ring (bicyclic) bond motifs is 1. The second-order valence-electron chi connectivity index (χ2n) is 6.34. The molecule has 29 heavy (non-hydrogen) atoms. The van der Waals surface area contributed by atoms with Gasteiger partial charge in [-0.05, 0) is 24.3 Å². The monoisotopic (exact) mass is 393 g/mol. The topological polar surface area (TPSA) is 97.2 Å². The molecule has 0 unspecified atom stereocenters. The Labute approximate surface area is 164 Å². The smallest absolute Gasteiger partial charge is 0.353 e. The van der Waals surface area contributed by atoms with Crippen molar-refractivity contribution >= 4 is 17.0 Å². The molecule has 3 aromatic heterocycles. The third-order valence-corrected chi connectivity index (χ3v) is 4.67. The normalized spacial score (nSPS) is 11.0. The number of aromatic nitrogens is 3. The number of carboxylic acids is 1. The number of halogens is 1. The molecule has 3 heterocycles. The molecule has 0 saturated carbocycles. The Morgan fingerprint density at radius 1 is 1.21 bits per heavy atom. The van der Waals surface area contributed by atoms with Gasteiger partial charge in [-0.2, -0.15) is 0 Å². The van der Waals surface area contributed by atoms with E-state index in [0.29, 0.717) is 11.1 Å². The first-order chi connectivity index (χ1) is 14.0. The fourth-order valence-corrected chi connectivity index (χ4v) is 3.37. The van der Waals surface area contributed by atoms with Crippen molar-refractivity contribution in [1.82, 2.24) is 14.5 Å². The van der Waals surface area contributed by atoms with E-state index in [2.05, 4.69) is 9.97 Å². The van der Waals surface area contributed by atoms with Crippen LogP contribution in [-0.4, -0.2) is 32.7 Å². The predicted octanol–water partition coefficient (Wildman–Crippen LogP) is 3.29. The van der Waals surface area contributed by atoms with E-state index in [-0.39, 0.29) is 34.8 Å². The number of benzene rings is 1. The van der Waals surface area contributed by atoms with E-state index in [1.165, 1.54) is 30.0 Å². The van der Waals surface area contributed by atoms with E-state index in [1.807, 2.05) is 0 Å². The average Bonchev–Trinajstić information content (AvgIpc) is 3.03. The molecule has 0 amide bonds. The number of H-pyrrole nitrogens is 1. The molecule has 0 bridgehead atoms. The number of carbonyl (C=O) groups is 1. The van der Waals surface area contributed by atoms with Crippen LogP contribution in [0.5, 0.6) is 5.88 Å². The van der Waals surface area contributed by atoms with Gasteiger partial charge >= 0.3 is 5.97 Å². The lowest BCUT2D eigenvalue weighted by Gasteiger charge is -2.10. The highest BCUT2D eigenvalue weighted by atomic mass is 19.1. The summed E-state index contributed by atoms with van der Waals surface area (Å²) < 4.78 is 20.9. The molecule has 146 valence electrons. The number of methoxy groups -OCH3 is 1. The Balaban J connectivity index is 2.09. The first kappa shape index (κ1) is 18.4. The summed E-state index contributed by atoms with van der Waals surface area (Å²) in [6.45, 7) is -0.0381. The summed E-state index contributed by atoms with van der Waals surface area (Å²) in [6, 6.07) is 12.5. The van der Waals surface area contributed by atoms with E-state index in [4.69, 9.17) is 4.74 Å². The Morgan fingerprint density at radius 3 is 2.69 bits per heavy atom. The van der Waals surface area contributed by atoms with Gasteiger partial charge in [-0.25, -0.2) is 14.2 Å². The number of carboxylic acid groups (broad SMARTS) is 1. The van der Waals surface area contributed by atoms with Gasteiger partial charge in [0.05, 0.1) is 24.7 Å². The molecular formula is C21H16FN3O4. The molecule has 1 aromatic carbocycles. The number of hydrogen-bond acceptors (Lipinski definition) is 4. The molecule has 0 saturated heterocycles. The van der Waals surface area contributed by atoms with Crippen LogP contribution in [0.3, 0.4) is 0 Å². The first-order valence-corrected chi connectivity index (χ1v) is 8.73. The Bertz CT molecular complexity index is 1290.